The van der Waals surface area contributed by atoms with Crippen molar-refractivity contribution >= 4 is 17.5 Å². The second kappa shape index (κ2) is 7.93. The maximum absolute atomic E-state index is 12.4. The first kappa shape index (κ1) is 16.5. The highest BCUT2D eigenvalue weighted by molar-refractivity contribution is 6.03. The molecule has 0 atom stereocenters. The van der Waals surface area contributed by atoms with Crippen LogP contribution in [-0.4, -0.2) is 29.0 Å². The number of ether oxygens (including phenoxy) is 1. The van der Waals surface area contributed by atoms with Gasteiger partial charge in [-0.2, -0.15) is 0 Å². The molecular weight excluding hydrogens is 292 g/mol. The molecule has 0 radical (unpaired) electrons. The van der Waals surface area contributed by atoms with Crippen LogP contribution in [0.3, 0.4) is 0 Å². The number of aromatic nitrogens is 2. The number of hydrogen-bond donors (Lipinski definition) is 2. The number of anilines is 2. The average molecular weight is 312 g/mol. The van der Waals surface area contributed by atoms with E-state index in [0.29, 0.717) is 36.2 Å². The summed E-state index contributed by atoms with van der Waals surface area (Å²) in [5.74, 6) is 0.705. The van der Waals surface area contributed by atoms with Gasteiger partial charge in [0.05, 0.1) is 12.3 Å². The summed E-state index contributed by atoms with van der Waals surface area (Å²) in [6.07, 6.45) is 1.70. The fourth-order valence-corrected chi connectivity index (χ4v) is 1.97. The molecule has 1 amide bonds. The molecule has 1 heterocycles. The molecule has 0 spiro atoms. The maximum Gasteiger partial charge on any atom is 0.274 e. The van der Waals surface area contributed by atoms with Gasteiger partial charge in [0.25, 0.3) is 5.91 Å². The Morgan fingerprint density at radius 3 is 2.87 bits per heavy atom. The van der Waals surface area contributed by atoms with Crippen LogP contribution in [0.15, 0.2) is 43.0 Å². The van der Waals surface area contributed by atoms with Crippen LogP contribution in [0.2, 0.25) is 0 Å². The van der Waals surface area contributed by atoms with E-state index in [1.54, 1.807) is 24.3 Å². The minimum atomic E-state index is -0.315. The third-order valence-corrected chi connectivity index (χ3v) is 2.93. The van der Waals surface area contributed by atoms with Gasteiger partial charge in [0, 0.05) is 12.2 Å². The Morgan fingerprint density at radius 1 is 1.35 bits per heavy atom. The fourth-order valence-electron chi connectivity index (χ4n) is 1.97. The topological polar surface area (TPSA) is 76.1 Å². The second-order valence-electron chi connectivity index (χ2n) is 4.77. The summed E-state index contributed by atoms with van der Waals surface area (Å²) in [6.45, 7) is 8.38. The van der Waals surface area contributed by atoms with Gasteiger partial charge in [-0.25, -0.2) is 9.97 Å². The van der Waals surface area contributed by atoms with Gasteiger partial charge in [0.2, 0.25) is 5.95 Å². The van der Waals surface area contributed by atoms with Gasteiger partial charge in [0.15, 0.2) is 0 Å². The molecule has 0 saturated carbocycles. The van der Waals surface area contributed by atoms with Crippen LogP contribution in [0.4, 0.5) is 11.6 Å². The first-order chi connectivity index (χ1) is 11.1. The lowest BCUT2D eigenvalue weighted by Gasteiger charge is -2.11. The third-order valence-electron chi connectivity index (χ3n) is 2.93. The summed E-state index contributed by atoms with van der Waals surface area (Å²) in [7, 11) is 0. The van der Waals surface area contributed by atoms with Crippen LogP contribution in [0, 0.1) is 6.92 Å². The highest BCUT2D eigenvalue weighted by Crippen LogP contribution is 2.24. The quantitative estimate of drug-likeness (QED) is 0.769. The van der Waals surface area contributed by atoms with E-state index >= 15 is 0 Å². The van der Waals surface area contributed by atoms with Crippen LogP contribution >= 0.6 is 0 Å². The standard InChI is InChI=1S/C17H20N4O2/c1-4-10-18-17-19-12(3)11-14(21-17)16(22)20-13-8-6-7-9-15(13)23-5-2/h4,6-9,11H,1,5,10H2,2-3H3,(H,20,22)(H,18,19,21). The van der Waals surface area contributed by atoms with Gasteiger partial charge in [-0.05, 0) is 32.0 Å². The monoisotopic (exact) mass is 312 g/mol. The van der Waals surface area contributed by atoms with Gasteiger partial charge in [-0.1, -0.05) is 18.2 Å². The normalized spacial score (nSPS) is 10.0. The Kier molecular flexibility index (Phi) is 5.68. The zero-order valence-corrected chi connectivity index (χ0v) is 13.3. The Hall–Kier alpha value is -2.89. The molecule has 0 bridgehead atoms. The summed E-state index contributed by atoms with van der Waals surface area (Å²) in [6, 6.07) is 8.92. The van der Waals surface area contributed by atoms with Crippen LogP contribution in [0.1, 0.15) is 23.1 Å². The van der Waals surface area contributed by atoms with Gasteiger partial charge in [0.1, 0.15) is 11.4 Å². The number of amides is 1. The van der Waals surface area contributed by atoms with E-state index in [9.17, 15) is 4.79 Å². The molecule has 2 N–H and O–H groups in total. The number of nitrogens with zero attached hydrogens (tertiary/aromatic N) is 2. The van der Waals surface area contributed by atoms with Crippen molar-refractivity contribution in [3.63, 3.8) is 0 Å². The van der Waals surface area contributed by atoms with Crippen molar-refractivity contribution in [2.24, 2.45) is 0 Å². The molecule has 23 heavy (non-hydrogen) atoms. The number of nitrogens with one attached hydrogen (secondary N) is 2. The first-order valence-electron chi connectivity index (χ1n) is 7.37. The van der Waals surface area contributed by atoms with Crippen LogP contribution < -0.4 is 15.4 Å². The number of rotatable bonds is 7. The maximum atomic E-state index is 12.4. The molecule has 6 nitrogen and oxygen atoms in total. The Morgan fingerprint density at radius 2 is 2.13 bits per heavy atom. The largest absolute Gasteiger partial charge is 0.492 e. The molecule has 1 aromatic carbocycles. The van der Waals surface area contributed by atoms with Gasteiger partial charge in [-0.3, -0.25) is 4.79 Å². The first-order valence-corrected chi connectivity index (χ1v) is 7.37. The summed E-state index contributed by atoms with van der Waals surface area (Å²) in [5, 5.41) is 5.80. The van der Waals surface area contributed by atoms with Gasteiger partial charge in [-0.15, -0.1) is 6.58 Å². The molecule has 2 aromatic rings. The van der Waals surface area contributed by atoms with E-state index in [1.807, 2.05) is 26.0 Å². The molecule has 2 rings (SSSR count). The minimum absolute atomic E-state index is 0.287. The highest BCUT2D eigenvalue weighted by Gasteiger charge is 2.13. The summed E-state index contributed by atoms with van der Waals surface area (Å²) < 4.78 is 5.50. The predicted octanol–water partition coefficient (Wildman–Crippen LogP) is 3.03. The summed E-state index contributed by atoms with van der Waals surface area (Å²) >= 11 is 0. The van der Waals surface area contributed by atoms with Gasteiger partial charge >= 0.3 is 0 Å². The molecule has 120 valence electrons. The Labute approximate surface area is 135 Å². The van der Waals surface area contributed by atoms with Crippen molar-refractivity contribution in [2.75, 3.05) is 23.8 Å². The van der Waals surface area contributed by atoms with Crippen molar-refractivity contribution in [2.45, 2.75) is 13.8 Å². The predicted molar refractivity (Wildman–Crippen MR) is 91.0 cm³/mol. The Balaban J connectivity index is 2.20. The van der Waals surface area contributed by atoms with E-state index in [4.69, 9.17) is 4.74 Å². The SMILES string of the molecule is C=CCNc1nc(C)cc(C(=O)Nc2ccccc2OCC)n1. The summed E-state index contributed by atoms with van der Waals surface area (Å²) in [4.78, 5) is 20.9. The zero-order chi connectivity index (χ0) is 16.7. The van der Waals surface area contributed by atoms with E-state index in [0.717, 1.165) is 0 Å². The number of hydrogen-bond acceptors (Lipinski definition) is 5. The number of benzene rings is 1. The molecule has 0 aliphatic rings. The second-order valence-corrected chi connectivity index (χ2v) is 4.77. The van der Waals surface area contributed by atoms with Crippen molar-refractivity contribution in [1.82, 2.24) is 9.97 Å². The number of aryl methyl sites for hydroxylation is 1. The molecule has 0 aliphatic heterocycles. The Bertz CT molecular complexity index is 701. The van der Waals surface area contributed by atoms with Crippen molar-refractivity contribution < 1.29 is 9.53 Å². The minimum Gasteiger partial charge on any atom is -0.492 e. The number of carbonyl (C=O) groups is 1. The third kappa shape index (κ3) is 4.54. The molecule has 0 aliphatic carbocycles. The lowest BCUT2D eigenvalue weighted by molar-refractivity contribution is 0.102. The van der Waals surface area contributed by atoms with E-state index in [2.05, 4.69) is 27.2 Å². The van der Waals surface area contributed by atoms with E-state index in [1.165, 1.54) is 0 Å². The molecule has 1 aromatic heterocycles. The van der Waals surface area contributed by atoms with Crippen LogP contribution in [0.25, 0.3) is 0 Å². The van der Waals surface area contributed by atoms with Crippen molar-refractivity contribution in [3.05, 3.63) is 54.4 Å². The van der Waals surface area contributed by atoms with E-state index < -0.39 is 0 Å². The zero-order valence-electron chi connectivity index (χ0n) is 13.3. The molecular formula is C17H20N4O2. The number of carbonyl (C=O) groups excluding carboxylic acids is 1. The smallest absolute Gasteiger partial charge is 0.274 e. The number of para-hydroxylation sites is 2. The molecule has 0 saturated heterocycles. The van der Waals surface area contributed by atoms with E-state index in [-0.39, 0.29) is 11.6 Å². The lowest BCUT2D eigenvalue weighted by atomic mass is 10.2. The van der Waals surface area contributed by atoms with Gasteiger partial charge < -0.3 is 15.4 Å². The fraction of sp³-hybridized carbons (Fsp3) is 0.235. The van der Waals surface area contributed by atoms with Crippen LogP contribution in [-0.2, 0) is 0 Å². The average Bonchev–Trinajstić information content (AvgIpc) is 2.54. The molecule has 0 unspecified atom stereocenters. The molecule has 6 heteroatoms. The lowest BCUT2D eigenvalue weighted by Crippen LogP contribution is -2.16. The summed E-state index contributed by atoms with van der Waals surface area (Å²) in [5.41, 5.74) is 1.60. The van der Waals surface area contributed by atoms with Crippen molar-refractivity contribution in [3.8, 4) is 5.75 Å². The highest BCUT2D eigenvalue weighted by atomic mass is 16.5. The molecule has 0 fully saturated rings. The van der Waals surface area contributed by atoms with Crippen molar-refractivity contribution in [1.29, 1.82) is 0 Å². The van der Waals surface area contributed by atoms with Crippen LogP contribution in [0.5, 0.6) is 5.75 Å².